The third-order valence-electron chi connectivity index (χ3n) is 2.82. The Morgan fingerprint density at radius 2 is 1.76 bits per heavy atom. The first-order chi connectivity index (χ1) is 7.90. The molecule has 0 radical (unpaired) electrons. The van der Waals surface area contributed by atoms with E-state index < -0.39 is 9.84 Å². The van der Waals surface area contributed by atoms with E-state index in [1.807, 2.05) is 20.8 Å². The second-order valence-electron chi connectivity index (χ2n) is 4.01. The van der Waals surface area contributed by atoms with Crippen molar-refractivity contribution in [2.45, 2.75) is 33.2 Å². The quantitative estimate of drug-likeness (QED) is 0.683. The molecule has 1 unspecified atom stereocenters. The van der Waals surface area contributed by atoms with E-state index in [9.17, 15) is 13.2 Å². The minimum absolute atomic E-state index is 0.0208. The van der Waals surface area contributed by atoms with E-state index in [1.54, 1.807) is 7.05 Å². The van der Waals surface area contributed by atoms with Crippen LogP contribution in [0, 0.1) is 0 Å². The first-order valence-electron chi connectivity index (χ1n) is 6.05. The van der Waals surface area contributed by atoms with Gasteiger partial charge < -0.3 is 10.2 Å². The number of carbonyl (C=O) groups excluding carboxylic acids is 1. The van der Waals surface area contributed by atoms with Crippen molar-refractivity contribution in [1.29, 1.82) is 0 Å². The van der Waals surface area contributed by atoms with Crippen molar-refractivity contribution in [3.8, 4) is 0 Å². The molecule has 0 aromatic rings. The molecule has 0 rings (SSSR count). The van der Waals surface area contributed by atoms with Gasteiger partial charge in [-0.15, -0.1) is 0 Å². The fourth-order valence-electron chi connectivity index (χ4n) is 1.63. The monoisotopic (exact) mass is 264 g/mol. The van der Waals surface area contributed by atoms with Crippen molar-refractivity contribution in [2.24, 2.45) is 0 Å². The highest BCUT2D eigenvalue weighted by Crippen LogP contribution is 2.01. The van der Waals surface area contributed by atoms with Gasteiger partial charge in [-0.3, -0.25) is 4.79 Å². The number of sulfone groups is 1. The zero-order chi connectivity index (χ0) is 13.5. The average molecular weight is 264 g/mol. The first-order valence-corrected chi connectivity index (χ1v) is 7.87. The Kier molecular flexibility index (Phi) is 7.38. The van der Waals surface area contributed by atoms with Crippen molar-refractivity contribution < 1.29 is 13.2 Å². The van der Waals surface area contributed by atoms with Gasteiger partial charge in [-0.25, -0.2) is 8.42 Å². The van der Waals surface area contributed by atoms with Crippen LogP contribution in [0.15, 0.2) is 0 Å². The molecule has 5 nitrogen and oxygen atoms in total. The summed E-state index contributed by atoms with van der Waals surface area (Å²) in [5, 5.41) is 2.93. The number of nitrogens with one attached hydrogen (secondary N) is 1. The minimum atomic E-state index is -3.32. The summed E-state index contributed by atoms with van der Waals surface area (Å²) in [7, 11) is -1.59. The number of amides is 1. The fraction of sp³-hybridized carbons (Fsp3) is 0.909. The fourth-order valence-corrected chi connectivity index (χ4v) is 3.32. The third kappa shape index (κ3) is 6.02. The van der Waals surface area contributed by atoms with Crippen molar-refractivity contribution in [3.05, 3.63) is 0 Å². The molecule has 0 aliphatic carbocycles. The Morgan fingerprint density at radius 3 is 2.12 bits per heavy atom. The van der Waals surface area contributed by atoms with E-state index in [1.165, 1.54) is 4.90 Å². The van der Waals surface area contributed by atoms with E-state index in [0.717, 1.165) is 6.42 Å². The van der Waals surface area contributed by atoms with Crippen LogP contribution < -0.4 is 5.32 Å². The smallest absolute Gasteiger partial charge is 0.237 e. The highest BCUT2D eigenvalue weighted by atomic mass is 32.2. The summed E-state index contributed by atoms with van der Waals surface area (Å²) < 4.78 is 23.6. The van der Waals surface area contributed by atoms with Crippen molar-refractivity contribution in [1.82, 2.24) is 10.2 Å². The molecule has 1 atom stereocenters. The summed E-state index contributed by atoms with van der Waals surface area (Å²) in [4.78, 5) is 13.2. The molecule has 0 aliphatic heterocycles. The predicted molar refractivity (Wildman–Crippen MR) is 69.7 cm³/mol. The SMILES string of the molecule is CCC(CS(=O)(=O)CC(=O)N(CC)CC)NC. The molecule has 1 N–H and O–H groups in total. The highest BCUT2D eigenvalue weighted by Gasteiger charge is 2.22. The molecule has 0 spiro atoms. The lowest BCUT2D eigenvalue weighted by atomic mass is 10.3. The second kappa shape index (κ2) is 7.66. The molecule has 0 fully saturated rings. The molecule has 17 heavy (non-hydrogen) atoms. The number of hydrogen-bond acceptors (Lipinski definition) is 4. The van der Waals surface area contributed by atoms with E-state index in [4.69, 9.17) is 0 Å². The lowest BCUT2D eigenvalue weighted by Crippen LogP contribution is -2.39. The van der Waals surface area contributed by atoms with Crippen LogP contribution in [-0.2, 0) is 14.6 Å². The Balaban J connectivity index is 4.49. The molecule has 102 valence electrons. The summed E-state index contributed by atoms with van der Waals surface area (Å²) in [6.07, 6.45) is 0.731. The normalized spacial score (nSPS) is 13.4. The molecular weight excluding hydrogens is 240 g/mol. The third-order valence-corrected chi connectivity index (χ3v) is 4.41. The molecule has 0 heterocycles. The summed E-state index contributed by atoms with van der Waals surface area (Å²) in [5.41, 5.74) is 0. The molecule has 0 aliphatic rings. The van der Waals surface area contributed by atoms with Gasteiger partial charge in [-0.1, -0.05) is 6.92 Å². The zero-order valence-electron chi connectivity index (χ0n) is 11.2. The average Bonchev–Trinajstić information content (AvgIpc) is 2.26. The number of hydrogen-bond donors (Lipinski definition) is 1. The van der Waals surface area contributed by atoms with E-state index in [-0.39, 0.29) is 23.5 Å². The highest BCUT2D eigenvalue weighted by molar-refractivity contribution is 7.92. The molecule has 0 aromatic heterocycles. The molecule has 0 saturated heterocycles. The molecule has 6 heteroatoms. The van der Waals surface area contributed by atoms with Crippen LogP contribution in [0.3, 0.4) is 0 Å². The van der Waals surface area contributed by atoms with Crippen LogP contribution in [-0.4, -0.2) is 56.9 Å². The van der Waals surface area contributed by atoms with Gasteiger partial charge in [-0.05, 0) is 27.3 Å². The van der Waals surface area contributed by atoms with Crippen molar-refractivity contribution >= 4 is 15.7 Å². The lowest BCUT2D eigenvalue weighted by molar-refractivity contribution is -0.128. The van der Waals surface area contributed by atoms with Crippen LogP contribution in [0.1, 0.15) is 27.2 Å². The first kappa shape index (κ1) is 16.4. The van der Waals surface area contributed by atoms with Crippen LogP contribution >= 0.6 is 0 Å². The summed E-state index contributed by atoms with van der Waals surface area (Å²) in [6.45, 7) is 6.71. The molecule has 0 bridgehead atoms. The molecular formula is C11H24N2O3S. The van der Waals surface area contributed by atoms with Crippen molar-refractivity contribution in [3.63, 3.8) is 0 Å². The van der Waals surface area contributed by atoms with Gasteiger partial charge in [0, 0.05) is 19.1 Å². The standard InChI is InChI=1S/C11H24N2O3S/c1-5-10(12-4)8-17(15,16)9-11(14)13(6-2)7-3/h10,12H,5-9H2,1-4H3. The van der Waals surface area contributed by atoms with Crippen LogP contribution in [0.5, 0.6) is 0 Å². The van der Waals surface area contributed by atoms with E-state index in [2.05, 4.69) is 5.32 Å². The van der Waals surface area contributed by atoms with Gasteiger partial charge in [-0.2, -0.15) is 0 Å². The van der Waals surface area contributed by atoms with Gasteiger partial charge in [0.25, 0.3) is 0 Å². The topological polar surface area (TPSA) is 66.5 Å². The van der Waals surface area contributed by atoms with Gasteiger partial charge in [0.1, 0.15) is 5.75 Å². The zero-order valence-corrected chi connectivity index (χ0v) is 12.0. The number of carbonyl (C=O) groups is 1. The van der Waals surface area contributed by atoms with Crippen molar-refractivity contribution in [2.75, 3.05) is 31.6 Å². The molecule has 0 aromatic carbocycles. The Bertz CT molecular complexity index is 320. The van der Waals surface area contributed by atoms with Gasteiger partial charge in [0.05, 0.1) is 5.75 Å². The number of nitrogens with zero attached hydrogens (tertiary/aromatic N) is 1. The summed E-state index contributed by atoms with van der Waals surface area (Å²) >= 11 is 0. The van der Waals surface area contributed by atoms with Gasteiger partial charge in [0.15, 0.2) is 9.84 Å². The van der Waals surface area contributed by atoms with Gasteiger partial charge >= 0.3 is 0 Å². The van der Waals surface area contributed by atoms with Crippen LogP contribution in [0.2, 0.25) is 0 Å². The lowest BCUT2D eigenvalue weighted by Gasteiger charge is -2.19. The van der Waals surface area contributed by atoms with E-state index in [0.29, 0.717) is 13.1 Å². The van der Waals surface area contributed by atoms with E-state index >= 15 is 0 Å². The maximum atomic E-state index is 11.8. The number of rotatable bonds is 8. The summed E-state index contributed by atoms with van der Waals surface area (Å²) in [6, 6.07) is -0.0792. The molecule has 0 saturated carbocycles. The maximum absolute atomic E-state index is 11.8. The van der Waals surface area contributed by atoms with Crippen LogP contribution in [0.25, 0.3) is 0 Å². The summed E-state index contributed by atoms with van der Waals surface area (Å²) in [5.74, 6) is -0.666. The Morgan fingerprint density at radius 1 is 1.24 bits per heavy atom. The second-order valence-corrected chi connectivity index (χ2v) is 6.12. The Labute approximate surface area is 104 Å². The van der Waals surface area contributed by atoms with Crippen LogP contribution in [0.4, 0.5) is 0 Å². The predicted octanol–water partition coefficient (Wildman–Crippen LogP) is 0.268. The maximum Gasteiger partial charge on any atom is 0.237 e. The minimum Gasteiger partial charge on any atom is -0.342 e. The Hall–Kier alpha value is -0.620. The largest absolute Gasteiger partial charge is 0.342 e. The molecule has 1 amide bonds. The van der Waals surface area contributed by atoms with Gasteiger partial charge in [0.2, 0.25) is 5.91 Å².